The van der Waals surface area contributed by atoms with Crippen molar-refractivity contribution in [2.45, 2.75) is 26.3 Å². The van der Waals surface area contributed by atoms with Gasteiger partial charge >= 0.3 is 0 Å². The number of rotatable bonds is 5. The van der Waals surface area contributed by atoms with Crippen LogP contribution < -0.4 is 0 Å². The Morgan fingerprint density at radius 3 is 2.46 bits per heavy atom. The number of para-hydroxylation sites is 1. The van der Waals surface area contributed by atoms with E-state index in [1.165, 1.54) is 17.2 Å². The SMILES string of the molecule is CCCN(Cc1ccc(-c2ccc(O)cc2O)cc1)C1=Nc2ccccc2C1. The van der Waals surface area contributed by atoms with E-state index in [0.29, 0.717) is 5.56 Å². The normalized spacial score (nSPS) is 12.5. The smallest absolute Gasteiger partial charge is 0.127 e. The first kappa shape index (κ1) is 18.1. The number of benzene rings is 3. The lowest BCUT2D eigenvalue weighted by atomic mass is 10.0. The van der Waals surface area contributed by atoms with Crippen molar-refractivity contribution in [2.75, 3.05) is 6.54 Å². The highest BCUT2D eigenvalue weighted by Gasteiger charge is 2.19. The van der Waals surface area contributed by atoms with Gasteiger partial charge in [-0.3, -0.25) is 0 Å². The molecule has 3 aromatic rings. The second-order valence-electron chi connectivity index (χ2n) is 7.15. The van der Waals surface area contributed by atoms with Gasteiger partial charge in [-0.1, -0.05) is 49.4 Å². The molecule has 0 bridgehead atoms. The summed E-state index contributed by atoms with van der Waals surface area (Å²) in [5.74, 6) is 1.27. The number of aromatic hydroxyl groups is 2. The van der Waals surface area contributed by atoms with E-state index in [-0.39, 0.29) is 11.5 Å². The zero-order valence-electron chi connectivity index (χ0n) is 16.0. The summed E-state index contributed by atoms with van der Waals surface area (Å²) in [7, 11) is 0. The number of hydrogen-bond acceptors (Lipinski definition) is 4. The lowest BCUT2D eigenvalue weighted by molar-refractivity contribution is 0.407. The zero-order chi connectivity index (χ0) is 19.5. The molecule has 3 aromatic carbocycles. The van der Waals surface area contributed by atoms with Gasteiger partial charge in [-0.15, -0.1) is 0 Å². The van der Waals surface area contributed by atoms with Crippen LogP contribution in [-0.4, -0.2) is 27.5 Å². The van der Waals surface area contributed by atoms with Crippen LogP contribution in [0.3, 0.4) is 0 Å². The third kappa shape index (κ3) is 3.72. The van der Waals surface area contributed by atoms with Crippen molar-refractivity contribution in [2.24, 2.45) is 4.99 Å². The summed E-state index contributed by atoms with van der Waals surface area (Å²) < 4.78 is 0. The summed E-state index contributed by atoms with van der Waals surface area (Å²) in [4.78, 5) is 7.19. The molecular formula is C24H24N2O2. The Hall–Kier alpha value is -3.27. The second kappa shape index (κ2) is 7.77. The van der Waals surface area contributed by atoms with Crippen molar-refractivity contribution in [3.05, 3.63) is 77.9 Å². The molecule has 0 radical (unpaired) electrons. The van der Waals surface area contributed by atoms with E-state index in [1.807, 2.05) is 18.2 Å². The average molecular weight is 372 g/mol. The predicted octanol–water partition coefficient (Wildman–Crippen LogP) is 5.26. The average Bonchev–Trinajstić information content (AvgIpc) is 3.13. The van der Waals surface area contributed by atoms with Crippen LogP contribution in [0.5, 0.6) is 11.5 Å². The maximum atomic E-state index is 10.1. The zero-order valence-corrected chi connectivity index (χ0v) is 16.0. The molecule has 1 aliphatic rings. The fourth-order valence-electron chi connectivity index (χ4n) is 3.64. The van der Waals surface area contributed by atoms with Crippen LogP contribution in [0.15, 0.2) is 71.7 Å². The van der Waals surface area contributed by atoms with Crippen molar-refractivity contribution in [1.29, 1.82) is 0 Å². The molecule has 142 valence electrons. The highest BCUT2D eigenvalue weighted by molar-refractivity contribution is 5.92. The lowest BCUT2D eigenvalue weighted by Gasteiger charge is -2.24. The minimum atomic E-state index is 0.0615. The molecule has 0 amide bonds. The molecule has 4 rings (SSSR count). The summed E-state index contributed by atoms with van der Waals surface area (Å²) in [6, 6.07) is 21.2. The van der Waals surface area contributed by atoms with Crippen LogP contribution in [0.25, 0.3) is 11.1 Å². The van der Waals surface area contributed by atoms with Gasteiger partial charge in [-0.2, -0.15) is 0 Å². The molecule has 0 fully saturated rings. The molecular weight excluding hydrogens is 348 g/mol. The Kier molecular flexibility index (Phi) is 5.02. The number of nitrogens with zero attached hydrogens (tertiary/aromatic N) is 2. The number of phenolic OH excluding ortho intramolecular Hbond substituents is 2. The maximum Gasteiger partial charge on any atom is 0.127 e. The van der Waals surface area contributed by atoms with Crippen LogP contribution in [0.4, 0.5) is 5.69 Å². The topological polar surface area (TPSA) is 56.1 Å². The Balaban J connectivity index is 1.52. The van der Waals surface area contributed by atoms with E-state index in [4.69, 9.17) is 4.99 Å². The molecule has 4 nitrogen and oxygen atoms in total. The van der Waals surface area contributed by atoms with Crippen LogP contribution >= 0.6 is 0 Å². The fraction of sp³-hybridized carbons (Fsp3) is 0.208. The minimum Gasteiger partial charge on any atom is -0.508 e. The van der Waals surface area contributed by atoms with E-state index in [9.17, 15) is 10.2 Å². The van der Waals surface area contributed by atoms with E-state index in [0.717, 1.165) is 43.0 Å². The Morgan fingerprint density at radius 1 is 0.964 bits per heavy atom. The first-order valence-electron chi connectivity index (χ1n) is 9.66. The van der Waals surface area contributed by atoms with Gasteiger partial charge in [0.15, 0.2) is 0 Å². The first-order chi connectivity index (χ1) is 13.6. The number of amidine groups is 1. The predicted molar refractivity (Wildman–Crippen MR) is 113 cm³/mol. The summed E-state index contributed by atoms with van der Waals surface area (Å²) >= 11 is 0. The molecule has 1 aliphatic heterocycles. The van der Waals surface area contributed by atoms with Gasteiger partial charge in [0.05, 0.1) is 5.69 Å². The Labute approximate surface area is 165 Å². The number of aliphatic imine (C=N–C) groups is 1. The fourth-order valence-corrected chi connectivity index (χ4v) is 3.64. The van der Waals surface area contributed by atoms with E-state index < -0.39 is 0 Å². The van der Waals surface area contributed by atoms with E-state index in [2.05, 4.69) is 42.2 Å². The first-order valence-corrected chi connectivity index (χ1v) is 9.66. The largest absolute Gasteiger partial charge is 0.508 e. The van der Waals surface area contributed by atoms with Gasteiger partial charge in [-0.25, -0.2) is 4.99 Å². The van der Waals surface area contributed by atoms with Gasteiger partial charge in [0.1, 0.15) is 17.3 Å². The van der Waals surface area contributed by atoms with Crippen LogP contribution in [0.2, 0.25) is 0 Å². The van der Waals surface area contributed by atoms with Crippen LogP contribution in [0.1, 0.15) is 24.5 Å². The molecule has 0 atom stereocenters. The molecule has 0 aliphatic carbocycles. The molecule has 0 saturated heterocycles. The summed E-state index contributed by atoms with van der Waals surface area (Å²) in [6.45, 7) is 3.96. The quantitative estimate of drug-likeness (QED) is 0.642. The molecule has 0 saturated carbocycles. The number of hydrogen-bond donors (Lipinski definition) is 2. The number of phenols is 2. The summed E-state index contributed by atoms with van der Waals surface area (Å²) in [5.41, 5.74) is 5.21. The minimum absolute atomic E-state index is 0.0615. The van der Waals surface area contributed by atoms with Crippen molar-refractivity contribution in [3.63, 3.8) is 0 Å². The molecule has 1 heterocycles. The molecule has 0 spiro atoms. The summed E-state index contributed by atoms with van der Waals surface area (Å²) in [6.07, 6.45) is 1.95. The molecule has 4 heteroatoms. The van der Waals surface area contributed by atoms with Gasteiger partial charge in [0.2, 0.25) is 0 Å². The monoisotopic (exact) mass is 372 g/mol. The second-order valence-corrected chi connectivity index (χ2v) is 7.15. The molecule has 28 heavy (non-hydrogen) atoms. The summed E-state index contributed by atoms with van der Waals surface area (Å²) in [5, 5.41) is 19.5. The maximum absolute atomic E-state index is 10.1. The van der Waals surface area contributed by atoms with Crippen molar-refractivity contribution in [3.8, 4) is 22.6 Å². The van der Waals surface area contributed by atoms with E-state index >= 15 is 0 Å². The third-order valence-electron chi connectivity index (χ3n) is 5.07. The molecule has 0 aromatic heterocycles. The van der Waals surface area contributed by atoms with E-state index in [1.54, 1.807) is 12.1 Å². The Bertz CT molecular complexity index is 1010. The number of fused-ring (bicyclic) bond motifs is 1. The lowest BCUT2D eigenvalue weighted by Crippen LogP contribution is -2.31. The van der Waals surface area contributed by atoms with Crippen LogP contribution in [-0.2, 0) is 13.0 Å². The van der Waals surface area contributed by atoms with Crippen LogP contribution in [0, 0.1) is 0 Å². The standard InChI is InChI=1S/C24H24N2O2/c1-2-13-26(24-14-19-5-3-4-6-22(19)25-24)16-17-7-9-18(10-8-17)21-12-11-20(27)15-23(21)28/h3-12,15,27-28H,2,13-14,16H2,1H3. The highest BCUT2D eigenvalue weighted by atomic mass is 16.3. The van der Waals surface area contributed by atoms with Gasteiger partial charge in [0, 0.05) is 31.1 Å². The Morgan fingerprint density at radius 2 is 1.75 bits per heavy atom. The third-order valence-corrected chi connectivity index (χ3v) is 5.07. The van der Waals surface area contributed by atoms with Crippen molar-refractivity contribution >= 4 is 11.5 Å². The van der Waals surface area contributed by atoms with Crippen molar-refractivity contribution < 1.29 is 10.2 Å². The molecule has 0 unspecified atom stereocenters. The van der Waals surface area contributed by atoms with Gasteiger partial charge in [0.25, 0.3) is 0 Å². The van der Waals surface area contributed by atoms with Gasteiger partial charge < -0.3 is 15.1 Å². The van der Waals surface area contributed by atoms with Crippen molar-refractivity contribution in [1.82, 2.24) is 4.90 Å². The van der Waals surface area contributed by atoms with Gasteiger partial charge in [-0.05, 0) is 41.3 Å². The molecule has 2 N–H and O–H groups in total. The highest BCUT2D eigenvalue weighted by Crippen LogP contribution is 2.32.